The molecular formula is C22H12F3NO6. The Balaban J connectivity index is 2.00. The molecule has 4 N–H and O–H groups in total. The molecule has 162 valence electrons. The van der Waals surface area contributed by atoms with Crippen LogP contribution < -0.4 is 5.32 Å². The number of halogens is 3. The van der Waals surface area contributed by atoms with Crippen LogP contribution in [0, 0.1) is 24.4 Å². The summed E-state index contributed by atoms with van der Waals surface area (Å²) >= 11 is 0. The number of fused-ring (bicyclic) bond motifs is 2. The zero-order valence-corrected chi connectivity index (χ0v) is 16.1. The molecule has 0 aliphatic heterocycles. The number of aromatic carboxylic acids is 1. The van der Waals surface area contributed by atoms with Crippen LogP contribution in [0.15, 0.2) is 30.3 Å². The predicted molar refractivity (Wildman–Crippen MR) is 104 cm³/mol. The van der Waals surface area contributed by atoms with E-state index in [2.05, 4.69) is 5.32 Å². The SMILES string of the molecule is Cc1cccc(C(=O)O)c1Nc1c(F)c(F)c2c(c1F)C(=O)c1c(O)ccc(O)c1C2=O. The van der Waals surface area contributed by atoms with Gasteiger partial charge in [0, 0.05) is 0 Å². The molecule has 32 heavy (non-hydrogen) atoms. The third-order valence-corrected chi connectivity index (χ3v) is 5.14. The number of phenolic OH excluding ortho intramolecular Hbond substituents is 2. The van der Waals surface area contributed by atoms with Crippen LogP contribution in [0.1, 0.15) is 47.8 Å². The summed E-state index contributed by atoms with van der Waals surface area (Å²) in [5.74, 6) is -11.1. The normalized spacial score (nSPS) is 12.4. The molecule has 10 heteroatoms. The van der Waals surface area contributed by atoms with Gasteiger partial charge in [-0.2, -0.15) is 0 Å². The second-order valence-corrected chi connectivity index (χ2v) is 7.01. The first-order chi connectivity index (χ1) is 15.1. The largest absolute Gasteiger partial charge is 0.507 e. The molecule has 7 nitrogen and oxygen atoms in total. The van der Waals surface area contributed by atoms with Crippen LogP contribution in [0.5, 0.6) is 11.5 Å². The van der Waals surface area contributed by atoms with Gasteiger partial charge in [-0.05, 0) is 30.7 Å². The molecule has 4 rings (SSSR count). The number of benzene rings is 3. The number of aromatic hydroxyl groups is 2. The van der Waals surface area contributed by atoms with Crippen LogP contribution in [-0.2, 0) is 0 Å². The minimum absolute atomic E-state index is 0.247. The highest BCUT2D eigenvalue weighted by Crippen LogP contribution is 2.42. The Morgan fingerprint density at radius 1 is 0.781 bits per heavy atom. The van der Waals surface area contributed by atoms with Gasteiger partial charge in [-0.3, -0.25) is 9.59 Å². The van der Waals surface area contributed by atoms with Crippen molar-refractivity contribution >= 4 is 28.9 Å². The number of carbonyl (C=O) groups is 3. The molecule has 1 aliphatic rings. The maximum atomic E-state index is 15.4. The number of carbonyl (C=O) groups excluding carboxylic acids is 2. The minimum atomic E-state index is -1.87. The van der Waals surface area contributed by atoms with E-state index in [4.69, 9.17) is 0 Å². The molecule has 0 saturated carbocycles. The Morgan fingerprint density at radius 3 is 1.84 bits per heavy atom. The van der Waals surface area contributed by atoms with E-state index in [1.807, 2.05) is 0 Å². The zero-order chi connectivity index (χ0) is 23.5. The summed E-state index contributed by atoms with van der Waals surface area (Å²) in [6.07, 6.45) is 0. The average molecular weight is 443 g/mol. The summed E-state index contributed by atoms with van der Waals surface area (Å²) in [4.78, 5) is 37.1. The fraction of sp³-hybridized carbons (Fsp3) is 0.0455. The van der Waals surface area contributed by atoms with Gasteiger partial charge in [-0.25, -0.2) is 18.0 Å². The van der Waals surface area contributed by atoms with Gasteiger partial charge in [0.2, 0.25) is 11.6 Å². The lowest BCUT2D eigenvalue weighted by Crippen LogP contribution is -2.26. The molecule has 0 radical (unpaired) electrons. The maximum Gasteiger partial charge on any atom is 0.337 e. The lowest BCUT2D eigenvalue weighted by molar-refractivity contribution is 0.0697. The van der Waals surface area contributed by atoms with Crippen LogP contribution in [0.3, 0.4) is 0 Å². The highest BCUT2D eigenvalue weighted by atomic mass is 19.2. The van der Waals surface area contributed by atoms with Crippen LogP contribution in [0.25, 0.3) is 0 Å². The van der Waals surface area contributed by atoms with Gasteiger partial charge in [0.05, 0.1) is 33.5 Å². The van der Waals surface area contributed by atoms with Crippen LogP contribution in [0.2, 0.25) is 0 Å². The standard InChI is InChI=1S/C22H12F3NO6/c1-7-3-2-4-8(22(31)32)18(7)26-19-16(24)14-13(15(23)17(19)25)20(29)11-9(27)5-6-10(28)12(11)21(14)30/h2-6,26-28H,1H3,(H,31,32). The van der Waals surface area contributed by atoms with E-state index in [9.17, 15) is 38.5 Å². The lowest BCUT2D eigenvalue weighted by atomic mass is 9.82. The Hall–Kier alpha value is -4.34. The number of anilines is 2. The van der Waals surface area contributed by atoms with Crippen molar-refractivity contribution < 1.29 is 42.9 Å². The van der Waals surface area contributed by atoms with Crippen molar-refractivity contribution in [1.82, 2.24) is 0 Å². The summed E-state index contributed by atoms with van der Waals surface area (Å²) in [6, 6.07) is 5.72. The molecule has 0 heterocycles. The van der Waals surface area contributed by atoms with Crippen molar-refractivity contribution in [3.8, 4) is 11.5 Å². The average Bonchev–Trinajstić information content (AvgIpc) is 2.74. The number of aryl methyl sites for hydroxylation is 1. The maximum absolute atomic E-state index is 15.4. The first-order valence-corrected chi connectivity index (χ1v) is 9.00. The van der Waals surface area contributed by atoms with Gasteiger partial charge in [0.1, 0.15) is 17.2 Å². The van der Waals surface area contributed by atoms with Gasteiger partial charge < -0.3 is 20.6 Å². The number of rotatable bonds is 3. The van der Waals surface area contributed by atoms with Crippen LogP contribution in [-0.4, -0.2) is 32.9 Å². The fourth-order valence-electron chi connectivity index (χ4n) is 3.62. The highest BCUT2D eigenvalue weighted by molar-refractivity contribution is 6.30. The summed E-state index contributed by atoms with van der Waals surface area (Å²) < 4.78 is 45.1. The molecule has 3 aromatic carbocycles. The second-order valence-electron chi connectivity index (χ2n) is 7.01. The monoisotopic (exact) mass is 443 g/mol. The van der Waals surface area contributed by atoms with E-state index in [1.165, 1.54) is 19.1 Å². The van der Waals surface area contributed by atoms with Gasteiger partial charge >= 0.3 is 5.97 Å². The van der Waals surface area contributed by atoms with Crippen LogP contribution >= 0.6 is 0 Å². The number of nitrogens with one attached hydrogen (secondary N) is 1. The van der Waals surface area contributed by atoms with Crippen LogP contribution in [0.4, 0.5) is 24.5 Å². The highest BCUT2D eigenvalue weighted by Gasteiger charge is 2.41. The summed E-state index contributed by atoms with van der Waals surface area (Å²) in [6.45, 7) is 1.44. The molecule has 0 unspecified atom stereocenters. The quantitative estimate of drug-likeness (QED) is 0.278. The molecule has 0 spiro atoms. The molecule has 0 fully saturated rings. The molecule has 0 bridgehead atoms. The molecule has 0 aromatic heterocycles. The van der Waals surface area contributed by atoms with Gasteiger partial charge in [-0.15, -0.1) is 0 Å². The van der Waals surface area contributed by atoms with Crippen molar-refractivity contribution in [2.45, 2.75) is 6.92 Å². The summed E-state index contributed by atoms with van der Waals surface area (Å²) in [7, 11) is 0. The lowest BCUT2D eigenvalue weighted by Gasteiger charge is -2.23. The first kappa shape index (κ1) is 20.9. The predicted octanol–water partition coefficient (Wildman–Crippen LogP) is 4.04. The summed E-state index contributed by atoms with van der Waals surface area (Å²) in [5.41, 5.74) is -5.53. The van der Waals surface area contributed by atoms with E-state index in [-0.39, 0.29) is 16.8 Å². The molecule has 1 aliphatic carbocycles. The zero-order valence-electron chi connectivity index (χ0n) is 16.1. The van der Waals surface area contributed by atoms with E-state index >= 15 is 4.39 Å². The third-order valence-electron chi connectivity index (χ3n) is 5.14. The van der Waals surface area contributed by atoms with Gasteiger partial charge in [0.15, 0.2) is 17.5 Å². The number of hydrogen-bond acceptors (Lipinski definition) is 6. The summed E-state index contributed by atoms with van der Waals surface area (Å²) in [5, 5.41) is 31.4. The molecular weight excluding hydrogens is 431 g/mol. The van der Waals surface area contributed by atoms with Gasteiger partial charge in [-0.1, -0.05) is 12.1 Å². The van der Waals surface area contributed by atoms with E-state index in [0.29, 0.717) is 0 Å². The molecule has 3 aromatic rings. The molecule has 0 saturated heterocycles. The Bertz CT molecular complexity index is 1380. The Labute approximate surface area is 177 Å². The van der Waals surface area contributed by atoms with E-state index in [0.717, 1.165) is 18.2 Å². The van der Waals surface area contributed by atoms with E-state index in [1.54, 1.807) is 0 Å². The number of ketones is 2. The first-order valence-electron chi connectivity index (χ1n) is 9.00. The topological polar surface area (TPSA) is 124 Å². The van der Waals surface area contributed by atoms with Crippen molar-refractivity contribution in [3.63, 3.8) is 0 Å². The van der Waals surface area contributed by atoms with Crippen molar-refractivity contribution in [3.05, 3.63) is 81.2 Å². The van der Waals surface area contributed by atoms with Crippen molar-refractivity contribution in [2.24, 2.45) is 0 Å². The number of phenols is 2. The van der Waals surface area contributed by atoms with Gasteiger partial charge in [0.25, 0.3) is 0 Å². The number of carboxylic acid groups (broad SMARTS) is 1. The minimum Gasteiger partial charge on any atom is -0.507 e. The number of hydrogen-bond donors (Lipinski definition) is 4. The number of para-hydroxylation sites is 1. The smallest absolute Gasteiger partial charge is 0.337 e. The Morgan fingerprint density at radius 2 is 1.31 bits per heavy atom. The van der Waals surface area contributed by atoms with Crippen molar-refractivity contribution in [1.29, 1.82) is 0 Å². The molecule has 0 amide bonds. The second kappa shape index (κ2) is 7.12. The van der Waals surface area contributed by atoms with E-state index < -0.39 is 74.4 Å². The fourth-order valence-corrected chi connectivity index (χ4v) is 3.62. The molecule has 0 atom stereocenters. The third kappa shape index (κ3) is 2.80. The number of carboxylic acids is 1. The Kier molecular flexibility index (Phi) is 4.65. The van der Waals surface area contributed by atoms with Crippen molar-refractivity contribution in [2.75, 3.05) is 5.32 Å².